The molecule has 4 fully saturated rings. The zero-order valence-corrected chi connectivity index (χ0v) is 20.1. The fraction of sp³-hybridized carbons (Fsp3) is 0.667. The Bertz CT molecular complexity index is 1120. The topological polar surface area (TPSA) is 89.4 Å². The molecule has 2 atom stereocenters. The van der Waals surface area contributed by atoms with Crippen LogP contribution in [0.3, 0.4) is 0 Å². The van der Waals surface area contributed by atoms with Gasteiger partial charge in [-0.2, -0.15) is 0 Å². The molecule has 0 radical (unpaired) electrons. The second-order valence-corrected chi connectivity index (χ2v) is 10.7. The van der Waals surface area contributed by atoms with Crippen LogP contribution in [0.15, 0.2) is 18.5 Å². The Balaban J connectivity index is 1.45. The zero-order valence-electron chi connectivity index (χ0n) is 20.1. The third-order valence-electron chi connectivity index (χ3n) is 8.00. The molecule has 6 rings (SSSR count). The number of halogens is 5. The predicted molar refractivity (Wildman–Crippen MR) is 121 cm³/mol. The Hall–Kier alpha value is -2.47. The first-order valence-corrected chi connectivity index (χ1v) is 12.2. The monoisotopic (exact) mass is 515 g/mol. The summed E-state index contributed by atoms with van der Waals surface area (Å²) in [6.45, 7) is 4.44. The Labute approximate surface area is 205 Å². The Morgan fingerprint density at radius 2 is 1.83 bits per heavy atom. The van der Waals surface area contributed by atoms with Crippen LogP contribution in [0.25, 0.3) is 11.3 Å². The molecule has 3 N–H and O–H groups in total. The smallest absolute Gasteiger partial charge is 0.402 e. The maximum Gasteiger partial charge on any atom is 0.573 e. The van der Waals surface area contributed by atoms with Gasteiger partial charge in [0.25, 0.3) is 5.92 Å². The SMILES string of the molecule is CC(C)[C@H](O)c1nc(-c2cnc(N)c(OC(F)(F)F)c2)cn1C1CC2(N3CCC(F)(F)CC3)CC1C2. The molecule has 12 heteroatoms. The number of aliphatic hydroxyl groups is 1. The number of hydrogen-bond donors (Lipinski definition) is 2. The van der Waals surface area contributed by atoms with Crippen molar-refractivity contribution >= 4 is 5.82 Å². The van der Waals surface area contributed by atoms with E-state index in [1.54, 1.807) is 6.20 Å². The number of pyridine rings is 1. The van der Waals surface area contributed by atoms with Gasteiger partial charge < -0.3 is 20.1 Å². The highest BCUT2D eigenvalue weighted by molar-refractivity contribution is 5.64. The number of rotatable bonds is 6. The summed E-state index contributed by atoms with van der Waals surface area (Å²) in [7, 11) is 0. The van der Waals surface area contributed by atoms with Crippen LogP contribution in [0.2, 0.25) is 0 Å². The molecule has 1 unspecified atom stereocenters. The molecule has 198 valence electrons. The number of piperidine rings is 1. The van der Waals surface area contributed by atoms with E-state index in [0.29, 0.717) is 30.5 Å². The number of aliphatic hydroxyl groups excluding tert-OH is 1. The van der Waals surface area contributed by atoms with E-state index in [2.05, 4.69) is 19.6 Å². The van der Waals surface area contributed by atoms with Gasteiger partial charge in [-0.15, -0.1) is 13.2 Å². The summed E-state index contributed by atoms with van der Waals surface area (Å²) in [5.41, 5.74) is 6.06. The van der Waals surface area contributed by atoms with Crippen LogP contribution in [0.1, 0.15) is 63.9 Å². The average molecular weight is 516 g/mol. The number of nitrogen functional groups attached to an aromatic ring is 1. The van der Waals surface area contributed by atoms with Gasteiger partial charge in [0, 0.05) is 55.5 Å². The molecule has 0 aromatic carbocycles. The van der Waals surface area contributed by atoms with E-state index >= 15 is 0 Å². The molecule has 0 spiro atoms. The Morgan fingerprint density at radius 3 is 2.44 bits per heavy atom. The molecule has 4 aliphatic rings. The molecule has 2 aromatic heterocycles. The van der Waals surface area contributed by atoms with Crippen LogP contribution in [0, 0.1) is 11.8 Å². The third kappa shape index (κ3) is 4.53. The number of alkyl halides is 5. The highest BCUT2D eigenvalue weighted by Crippen LogP contribution is 2.61. The van der Waals surface area contributed by atoms with Crippen molar-refractivity contribution in [2.24, 2.45) is 11.8 Å². The summed E-state index contributed by atoms with van der Waals surface area (Å²) in [5.74, 6) is -3.05. The summed E-state index contributed by atoms with van der Waals surface area (Å²) in [5, 5.41) is 10.9. The number of anilines is 1. The number of hydrogen-bond acceptors (Lipinski definition) is 6. The lowest BCUT2D eigenvalue weighted by atomic mass is 9.74. The zero-order chi connectivity index (χ0) is 26.0. The first-order chi connectivity index (χ1) is 16.8. The van der Waals surface area contributed by atoms with E-state index in [1.807, 2.05) is 18.4 Å². The molecule has 2 bridgehead atoms. The molecule has 3 saturated carbocycles. The normalized spacial score (nSPS) is 28.8. The molecule has 3 heterocycles. The molecular weight excluding hydrogens is 485 g/mol. The Kier molecular flexibility index (Phi) is 5.98. The number of fused-ring (bicyclic) bond motifs is 1. The van der Waals surface area contributed by atoms with Gasteiger partial charge in [0.05, 0.1) is 5.69 Å². The van der Waals surface area contributed by atoms with Crippen molar-refractivity contribution < 1.29 is 31.8 Å². The van der Waals surface area contributed by atoms with Crippen molar-refractivity contribution in [1.82, 2.24) is 19.4 Å². The van der Waals surface area contributed by atoms with Crippen molar-refractivity contribution in [2.75, 3.05) is 18.8 Å². The van der Waals surface area contributed by atoms with E-state index < -0.39 is 30.0 Å². The van der Waals surface area contributed by atoms with Crippen LogP contribution in [0.4, 0.5) is 27.8 Å². The molecule has 1 aliphatic heterocycles. The van der Waals surface area contributed by atoms with Crippen LogP contribution in [-0.2, 0) is 0 Å². The highest BCUT2D eigenvalue weighted by Gasteiger charge is 2.60. The van der Waals surface area contributed by atoms with Crippen LogP contribution < -0.4 is 10.5 Å². The van der Waals surface area contributed by atoms with E-state index in [4.69, 9.17) is 5.73 Å². The quantitative estimate of drug-likeness (QED) is 0.530. The standard InChI is InChI=1S/C24H30F5N5O2/c1-13(2)19(35)21-32-16(14-7-18(20(30)31-11-14)36-24(27,28)29)12-34(21)17-10-22(8-15(17)9-22)33-5-3-23(25,26)4-6-33/h7,11-13,15,17,19,35H,3-6,8-10H2,1-2H3,(H2,30,31)/t15?,17?,19-,22?/m0/s1. The van der Waals surface area contributed by atoms with Crippen molar-refractivity contribution in [2.45, 2.75) is 75.9 Å². The fourth-order valence-electron chi connectivity index (χ4n) is 6.06. The largest absolute Gasteiger partial charge is 0.573 e. The first kappa shape index (κ1) is 25.2. The molecule has 7 nitrogen and oxygen atoms in total. The van der Waals surface area contributed by atoms with Crippen LogP contribution in [0.5, 0.6) is 5.75 Å². The van der Waals surface area contributed by atoms with Crippen LogP contribution >= 0.6 is 0 Å². The molecule has 3 aliphatic carbocycles. The van der Waals surface area contributed by atoms with Gasteiger partial charge in [0.1, 0.15) is 11.9 Å². The van der Waals surface area contributed by atoms with E-state index in [1.165, 1.54) is 6.20 Å². The highest BCUT2D eigenvalue weighted by atomic mass is 19.4. The second kappa shape index (κ2) is 8.54. The van der Waals surface area contributed by atoms with Crippen molar-refractivity contribution in [3.05, 3.63) is 24.3 Å². The number of nitrogens with zero attached hydrogens (tertiary/aromatic N) is 4. The van der Waals surface area contributed by atoms with E-state index in [0.717, 1.165) is 25.3 Å². The number of nitrogens with two attached hydrogens (primary N) is 1. The van der Waals surface area contributed by atoms with Gasteiger partial charge in [-0.3, -0.25) is 4.90 Å². The van der Waals surface area contributed by atoms with E-state index in [-0.39, 0.29) is 35.9 Å². The average Bonchev–Trinajstić information content (AvgIpc) is 3.45. The molecule has 36 heavy (non-hydrogen) atoms. The summed E-state index contributed by atoms with van der Waals surface area (Å²) in [4.78, 5) is 10.6. The molecular formula is C24H30F5N5O2. The lowest BCUT2D eigenvalue weighted by molar-refractivity contribution is -0.274. The molecule has 2 aromatic rings. The Morgan fingerprint density at radius 1 is 1.17 bits per heavy atom. The number of imidazole rings is 1. The summed E-state index contributed by atoms with van der Waals surface area (Å²) in [6, 6.07) is 1.14. The minimum Gasteiger partial charge on any atom is -0.402 e. The van der Waals surface area contributed by atoms with Crippen molar-refractivity contribution in [3.8, 4) is 17.0 Å². The van der Waals surface area contributed by atoms with Crippen LogP contribution in [-0.4, -0.2) is 55.5 Å². The van der Waals surface area contributed by atoms with E-state index in [9.17, 15) is 27.1 Å². The maximum absolute atomic E-state index is 13.7. The van der Waals surface area contributed by atoms with Gasteiger partial charge in [0.15, 0.2) is 11.6 Å². The van der Waals surface area contributed by atoms with Gasteiger partial charge in [-0.25, -0.2) is 18.7 Å². The number of aromatic nitrogens is 3. The summed E-state index contributed by atoms with van der Waals surface area (Å²) >= 11 is 0. The second-order valence-electron chi connectivity index (χ2n) is 10.7. The minimum absolute atomic E-state index is 0.00437. The fourth-order valence-corrected chi connectivity index (χ4v) is 6.06. The lowest BCUT2D eigenvalue weighted by Gasteiger charge is -2.50. The van der Waals surface area contributed by atoms with Gasteiger partial charge in [-0.05, 0) is 37.2 Å². The lowest BCUT2D eigenvalue weighted by Crippen LogP contribution is -2.56. The van der Waals surface area contributed by atoms with Gasteiger partial charge >= 0.3 is 6.36 Å². The molecule has 1 saturated heterocycles. The first-order valence-electron chi connectivity index (χ1n) is 12.2. The number of likely N-dealkylation sites (tertiary alicyclic amines) is 1. The number of ether oxygens (including phenoxy) is 1. The third-order valence-corrected chi connectivity index (χ3v) is 8.00. The van der Waals surface area contributed by atoms with Gasteiger partial charge in [-0.1, -0.05) is 13.8 Å². The summed E-state index contributed by atoms with van der Waals surface area (Å²) < 4.78 is 71.8. The summed E-state index contributed by atoms with van der Waals surface area (Å²) in [6.07, 6.45) is -0.512. The molecule has 0 amide bonds. The van der Waals surface area contributed by atoms with Crippen molar-refractivity contribution in [3.63, 3.8) is 0 Å². The minimum atomic E-state index is -4.93. The predicted octanol–water partition coefficient (Wildman–Crippen LogP) is 4.94. The van der Waals surface area contributed by atoms with Gasteiger partial charge in [0.2, 0.25) is 0 Å². The maximum atomic E-state index is 13.7. The van der Waals surface area contributed by atoms with Crippen molar-refractivity contribution in [1.29, 1.82) is 0 Å².